The zero-order chi connectivity index (χ0) is 13.9. The molecule has 1 atom stereocenters. The predicted molar refractivity (Wildman–Crippen MR) is 86.5 cm³/mol. The maximum atomic E-state index is 6.26. The molecule has 3 heteroatoms. The number of anilines is 1. The molecule has 110 valence electrons. The highest BCUT2D eigenvalue weighted by molar-refractivity contribution is 6.30. The standard InChI is InChI=1S/C17H25ClN2/c1-19-12-14-8-9-15(18)11-17(14)20-10-4-7-16(20)13-5-2-3-6-13/h8-9,11,13,16,19H,2-7,10,12H2,1H3. The summed E-state index contributed by atoms with van der Waals surface area (Å²) < 4.78 is 0. The molecule has 1 aliphatic carbocycles. The first-order valence-corrected chi connectivity index (χ1v) is 8.37. The number of nitrogens with one attached hydrogen (secondary N) is 1. The summed E-state index contributed by atoms with van der Waals surface area (Å²) in [5.74, 6) is 0.902. The maximum absolute atomic E-state index is 6.26. The van der Waals surface area contributed by atoms with Crippen LogP contribution >= 0.6 is 11.6 Å². The van der Waals surface area contributed by atoms with Gasteiger partial charge in [-0.05, 0) is 56.3 Å². The average Bonchev–Trinajstić information content (AvgIpc) is 3.10. The molecule has 2 fully saturated rings. The minimum absolute atomic E-state index is 0.742. The van der Waals surface area contributed by atoms with Gasteiger partial charge in [-0.25, -0.2) is 0 Å². The van der Waals surface area contributed by atoms with Crippen LogP contribution in [0.15, 0.2) is 18.2 Å². The van der Waals surface area contributed by atoms with E-state index < -0.39 is 0 Å². The molecule has 2 aliphatic rings. The third-order valence-corrected chi connectivity index (χ3v) is 5.20. The predicted octanol–water partition coefficient (Wildman–Crippen LogP) is 4.22. The second-order valence-electron chi connectivity index (χ2n) is 6.25. The van der Waals surface area contributed by atoms with E-state index >= 15 is 0 Å². The number of halogens is 1. The van der Waals surface area contributed by atoms with Crippen LogP contribution in [0, 0.1) is 5.92 Å². The highest BCUT2D eigenvalue weighted by Crippen LogP contribution is 2.39. The SMILES string of the molecule is CNCc1ccc(Cl)cc1N1CCCC1C1CCCC1. The van der Waals surface area contributed by atoms with Crippen molar-refractivity contribution in [2.75, 3.05) is 18.5 Å². The van der Waals surface area contributed by atoms with E-state index in [0.29, 0.717) is 0 Å². The Balaban J connectivity index is 1.88. The lowest BCUT2D eigenvalue weighted by Gasteiger charge is -2.33. The van der Waals surface area contributed by atoms with Crippen molar-refractivity contribution in [2.24, 2.45) is 5.92 Å². The summed E-state index contributed by atoms with van der Waals surface area (Å²) in [6.07, 6.45) is 8.37. The van der Waals surface area contributed by atoms with Crippen LogP contribution in [-0.2, 0) is 6.54 Å². The molecule has 0 aromatic heterocycles. The highest BCUT2D eigenvalue weighted by atomic mass is 35.5. The van der Waals surface area contributed by atoms with Gasteiger partial charge in [0.05, 0.1) is 0 Å². The number of nitrogens with zero attached hydrogens (tertiary/aromatic N) is 1. The van der Waals surface area contributed by atoms with Crippen molar-refractivity contribution < 1.29 is 0 Å². The Morgan fingerprint density at radius 2 is 2.00 bits per heavy atom. The molecule has 1 aromatic carbocycles. The van der Waals surface area contributed by atoms with Gasteiger partial charge in [0.1, 0.15) is 0 Å². The molecule has 1 unspecified atom stereocenters. The van der Waals surface area contributed by atoms with Gasteiger partial charge in [0.25, 0.3) is 0 Å². The van der Waals surface area contributed by atoms with E-state index in [1.165, 1.54) is 56.3 Å². The summed E-state index contributed by atoms with van der Waals surface area (Å²) in [6, 6.07) is 7.10. The number of hydrogen-bond acceptors (Lipinski definition) is 2. The Hall–Kier alpha value is -0.730. The minimum atomic E-state index is 0.742. The smallest absolute Gasteiger partial charge is 0.0429 e. The van der Waals surface area contributed by atoms with Crippen molar-refractivity contribution in [3.05, 3.63) is 28.8 Å². The van der Waals surface area contributed by atoms with Gasteiger partial charge in [-0.2, -0.15) is 0 Å². The highest BCUT2D eigenvalue weighted by Gasteiger charge is 2.34. The van der Waals surface area contributed by atoms with Crippen molar-refractivity contribution >= 4 is 17.3 Å². The first-order valence-electron chi connectivity index (χ1n) is 7.99. The van der Waals surface area contributed by atoms with Crippen LogP contribution in [-0.4, -0.2) is 19.6 Å². The summed E-state index contributed by atoms with van der Waals surface area (Å²) in [4.78, 5) is 2.65. The molecule has 1 heterocycles. The van der Waals surface area contributed by atoms with Gasteiger partial charge in [0.2, 0.25) is 0 Å². The molecule has 2 nitrogen and oxygen atoms in total. The first kappa shape index (κ1) is 14.2. The maximum Gasteiger partial charge on any atom is 0.0429 e. The Morgan fingerprint density at radius 1 is 1.20 bits per heavy atom. The molecule has 0 spiro atoms. The monoisotopic (exact) mass is 292 g/mol. The molecule has 20 heavy (non-hydrogen) atoms. The summed E-state index contributed by atoms with van der Waals surface area (Å²) in [7, 11) is 2.01. The first-order chi connectivity index (χ1) is 9.79. The van der Waals surface area contributed by atoms with Crippen molar-refractivity contribution in [3.63, 3.8) is 0 Å². The van der Waals surface area contributed by atoms with Crippen LogP contribution in [0.25, 0.3) is 0 Å². The number of hydrogen-bond donors (Lipinski definition) is 1. The summed E-state index contributed by atoms with van der Waals surface area (Å²) in [5, 5.41) is 4.14. The third-order valence-electron chi connectivity index (χ3n) is 4.97. The molecule has 1 saturated heterocycles. The van der Waals surface area contributed by atoms with Crippen LogP contribution < -0.4 is 10.2 Å². The van der Waals surface area contributed by atoms with E-state index in [0.717, 1.165) is 23.5 Å². The Bertz CT molecular complexity index is 454. The van der Waals surface area contributed by atoms with Crippen molar-refractivity contribution in [1.82, 2.24) is 5.32 Å². The quantitative estimate of drug-likeness (QED) is 0.894. The molecule has 1 saturated carbocycles. The minimum Gasteiger partial charge on any atom is -0.368 e. The van der Waals surface area contributed by atoms with Gasteiger partial charge in [-0.15, -0.1) is 0 Å². The molecule has 0 radical (unpaired) electrons. The Kier molecular flexibility index (Phi) is 4.52. The summed E-state index contributed by atoms with van der Waals surface area (Å²) in [5.41, 5.74) is 2.74. The van der Waals surface area contributed by atoms with Gasteiger partial charge in [-0.1, -0.05) is 30.5 Å². The molecular weight excluding hydrogens is 268 g/mol. The largest absolute Gasteiger partial charge is 0.368 e. The number of benzene rings is 1. The van der Waals surface area contributed by atoms with Gasteiger partial charge in [0.15, 0.2) is 0 Å². The van der Waals surface area contributed by atoms with Crippen molar-refractivity contribution in [2.45, 2.75) is 51.1 Å². The van der Waals surface area contributed by atoms with Crippen LogP contribution in [0.1, 0.15) is 44.1 Å². The van der Waals surface area contributed by atoms with E-state index in [4.69, 9.17) is 11.6 Å². The lowest BCUT2D eigenvalue weighted by molar-refractivity contribution is 0.430. The number of rotatable bonds is 4. The fraction of sp³-hybridized carbons (Fsp3) is 0.647. The summed E-state index contributed by atoms with van der Waals surface area (Å²) in [6.45, 7) is 2.11. The van der Waals surface area contributed by atoms with E-state index in [2.05, 4.69) is 22.3 Å². The molecule has 0 amide bonds. The average molecular weight is 293 g/mol. The molecule has 3 rings (SSSR count). The lowest BCUT2D eigenvalue weighted by Crippen LogP contribution is -2.35. The van der Waals surface area contributed by atoms with Crippen molar-refractivity contribution in [1.29, 1.82) is 0 Å². The molecule has 1 aliphatic heterocycles. The second kappa shape index (κ2) is 6.36. The molecule has 1 N–H and O–H groups in total. The normalized spacial score (nSPS) is 23.7. The molecular formula is C17H25ClN2. The van der Waals surface area contributed by atoms with Gasteiger partial charge >= 0.3 is 0 Å². The van der Waals surface area contributed by atoms with Crippen LogP contribution in [0.5, 0.6) is 0 Å². The molecule has 1 aromatic rings. The zero-order valence-electron chi connectivity index (χ0n) is 12.4. The zero-order valence-corrected chi connectivity index (χ0v) is 13.1. The van der Waals surface area contributed by atoms with Crippen LogP contribution in [0.2, 0.25) is 5.02 Å². The van der Waals surface area contributed by atoms with Gasteiger partial charge in [0, 0.05) is 29.8 Å². The fourth-order valence-electron chi connectivity index (χ4n) is 4.07. The van der Waals surface area contributed by atoms with Crippen molar-refractivity contribution in [3.8, 4) is 0 Å². The van der Waals surface area contributed by atoms with E-state index in [-0.39, 0.29) is 0 Å². The van der Waals surface area contributed by atoms with E-state index in [9.17, 15) is 0 Å². The Labute approximate surface area is 127 Å². The topological polar surface area (TPSA) is 15.3 Å². The fourth-order valence-corrected chi connectivity index (χ4v) is 4.23. The Morgan fingerprint density at radius 3 is 2.75 bits per heavy atom. The van der Waals surface area contributed by atoms with Gasteiger partial charge in [-0.3, -0.25) is 0 Å². The van der Waals surface area contributed by atoms with Crippen LogP contribution in [0.4, 0.5) is 5.69 Å². The second-order valence-corrected chi connectivity index (χ2v) is 6.69. The van der Waals surface area contributed by atoms with Crippen LogP contribution in [0.3, 0.4) is 0 Å². The molecule has 0 bridgehead atoms. The van der Waals surface area contributed by atoms with E-state index in [1.54, 1.807) is 0 Å². The van der Waals surface area contributed by atoms with E-state index in [1.807, 2.05) is 13.1 Å². The third kappa shape index (κ3) is 2.82. The summed E-state index contributed by atoms with van der Waals surface area (Å²) >= 11 is 6.26. The van der Waals surface area contributed by atoms with Gasteiger partial charge < -0.3 is 10.2 Å². The lowest BCUT2D eigenvalue weighted by atomic mass is 9.95.